The largest absolute Gasteiger partial charge is 0.573 e. The third-order valence-corrected chi connectivity index (χ3v) is 3.72. The molecule has 1 aromatic heterocycles. The summed E-state index contributed by atoms with van der Waals surface area (Å²) in [6, 6.07) is 4.48. The number of carbonyl (C=O) groups is 2. The summed E-state index contributed by atoms with van der Waals surface area (Å²) in [7, 11) is 0. The maximum atomic E-state index is 12.7. The van der Waals surface area contributed by atoms with E-state index in [0.29, 0.717) is 5.69 Å². The second-order valence-electron chi connectivity index (χ2n) is 5.46. The molecule has 1 amide bonds. The summed E-state index contributed by atoms with van der Waals surface area (Å²) in [4.78, 5) is 25.2. The second-order valence-corrected chi connectivity index (χ2v) is 5.46. The van der Waals surface area contributed by atoms with Gasteiger partial charge < -0.3 is 14.7 Å². The smallest absolute Gasteiger partial charge is 0.478 e. The molecule has 1 aliphatic rings. The Morgan fingerprint density at radius 2 is 1.92 bits per heavy atom. The Hall–Kier alpha value is -2.75. The molecule has 3 rings (SSSR count). The number of benzene rings is 1. The van der Waals surface area contributed by atoms with Crippen LogP contribution in [0.2, 0.25) is 0 Å². The molecule has 0 fully saturated rings. The van der Waals surface area contributed by atoms with E-state index < -0.39 is 24.0 Å². The number of carboxylic acid groups (broad SMARTS) is 1. The molecule has 1 N–H and O–H groups in total. The number of fused-ring (bicyclic) bond motifs is 1. The number of carbonyl (C=O) groups excluding carboxylic acids is 1. The zero-order valence-corrected chi connectivity index (χ0v) is 14.0. The van der Waals surface area contributed by atoms with E-state index in [4.69, 9.17) is 0 Å². The number of rotatable bonds is 3. The second kappa shape index (κ2) is 6.87. The number of halogens is 4. The van der Waals surface area contributed by atoms with E-state index in [9.17, 15) is 27.9 Å². The van der Waals surface area contributed by atoms with E-state index in [1.165, 1.54) is 21.7 Å². The lowest BCUT2D eigenvalue weighted by Crippen LogP contribution is -2.43. The van der Waals surface area contributed by atoms with Crippen LogP contribution >= 0.6 is 12.4 Å². The molecular formula is C15H13ClF3N3O4. The number of aromatic nitrogens is 2. The monoisotopic (exact) mass is 391 g/mol. The third kappa shape index (κ3) is 3.59. The molecule has 11 heteroatoms. The van der Waals surface area contributed by atoms with Gasteiger partial charge in [0.1, 0.15) is 17.0 Å². The molecule has 1 atom stereocenters. The highest BCUT2D eigenvalue weighted by Crippen LogP contribution is 2.30. The predicted octanol–water partition coefficient (Wildman–Crippen LogP) is 3.12. The van der Waals surface area contributed by atoms with Crippen molar-refractivity contribution in [1.82, 2.24) is 9.78 Å². The molecule has 0 saturated heterocycles. The summed E-state index contributed by atoms with van der Waals surface area (Å²) in [5.74, 6) is -2.28. The minimum Gasteiger partial charge on any atom is -0.478 e. The van der Waals surface area contributed by atoms with E-state index in [1.807, 2.05) is 0 Å². The minimum absolute atomic E-state index is 0. The standard InChI is InChI=1S/C15H12F3N3O4.ClH/c1-8-7-20(9-2-4-10(5-3-9)25-15(16,17)18)13(22)12-11(14(23)24)6-19-21(8)12;/h2-6,8H,7H2,1H3,(H,23,24);1H/t8-;/m0./s1. The van der Waals surface area contributed by atoms with E-state index in [-0.39, 0.29) is 36.3 Å². The fourth-order valence-corrected chi connectivity index (χ4v) is 2.67. The molecule has 0 aliphatic carbocycles. The summed E-state index contributed by atoms with van der Waals surface area (Å²) < 4.78 is 41.8. The van der Waals surface area contributed by atoms with Crippen LogP contribution in [0.25, 0.3) is 0 Å². The minimum atomic E-state index is -4.81. The van der Waals surface area contributed by atoms with Crippen molar-refractivity contribution in [2.45, 2.75) is 19.3 Å². The lowest BCUT2D eigenvalue weighted by atomic mass is 10.1. The van der Waals surface area contributed by atoms with E-state index in [1.54, 1.807) is 6.92 Å². The van der Waals surface area contributed by atoms with Gasteiger partial charge in [0.25, 0.3) is 5.91 Å². The Balaban J connectivity index is 0.00000243. The van der Waals surface area contributed by atoms with Crippen LogP contribution < -0.4 is 9.64 Å². The molecule has 0 saturated carbocycles. The van der Waals surface area contributed by atoms with Gasteiger partial charge in [0, 0.05) is 12.2 Å². The topological polar surface area (TPSA) is 84.7 Å². The van der Waals surface area contributed by atoms with Crippen LogP contribution in [0.15, 0.2) is 30.5 Å². The number of carboxylic acids is 1. The third-order valence-electron chi connectivity index (χ3n) is 3.72. The van der Waals surface area contributed by atoms with Crippen molar-refractivity contribution in [3.63, 3.8) is 0 Å². The Labute approximate surface area is 151 Å². The van der Waals surface area contributed by atoms with Crippen LogP contribution in [0.3, 0.4) is 0 Å². The van der Waals surface area contributed by atoms with Gasteiger partial charge in [0.15, 0.2) is 0 Å². The molecule has 26 heavy (non-hydrogen) atoms. The lowest BCUT2D eigenvalue weighted by molar-refractivity contribution is -0.274. The fourth-order valence-electron chi connectivity index (χ4n) is 2.67. The fraction of sp³-hybridized carbons (Fsp3) is 0.267. The van der Waals surface area contributed by atoms with Gasteiger partial charge in [-0.1, -0.05) is 0 Å². The zero-order valence-electron chi connectivity index (χ0n) is 13.2. The van der Waals surface area contributed by atoms with Crippen LogP contribution in [0.4, 0.5) is 18.9 Å². The molecule has 2 heterocycles. The first kappa shape index (κ1) is 19.6. The number of amides is 1. The van der Waals surface area contributed by atoms with Gasteiger partial charge in [-0.2, -0.15) is 5.10 Å². The number of hydrogen-bond acceptors (Lipinski definition) is 4. The molecular weight excluding hydrogens is 379 g/mol. The molecule has 140 valence electrons. The van der Waals surface area contributed by atoms with E-state index in [2.05, 4.69) is 9.84 Å². The number of alkyl halides is 3. The average molecular weight is 392 g/mol. The van der Waals surface area contributed by atoms with Crippen molar-refractivity contribution in [1.29, 1.82) is 0 Å². The van der Waals surface area contributed by atoms with Crippen molar-refractivity contribution < 1.29 is 32.6 Å². The maximum Gasteiger partial charge on any atom is 0.573 e. The first-order chi connectivity index (χ1) is 11.7. The van der Waals surface area contributed by atoms with Crippen LogP contribution in [-0.2, 0) is 0 Å². The quantitative estimate of drug-likeness (QED) is 0.869. The molecule has 0 radical (unpaired) electrons. The van der Waals surface area contributed by atoms with Crippen LogP contribution in [0, 0.1) is 0 Å². The molecule has 1 aromatic carbocycles. The van der Waals surface area contributed by atoms with Crippen molar-refractivity contribution >= 4 is 30.0 Å². The Morgan fingerprint density at radius 1 is 1.31 bits per heavy atom. The van der Waals surface area contributed by atoms with Gasteiger partial charge in [-0.25, -0.2) is 4.79 Å². The van der Waals surface area contributed by atoms with Gasteiger partial charge in [0.05, 0.1) is 12.2 Å². The summed E-state index contributed by atoms with van der Waals surface area (Å²) in [5, 5.41) is 13.1. The first-order valence-electron chi connectivity index (χ1n) is 7.16. The molecule has 0 unspecified atom stereocenters. The average Bonchev–Trinajstić information content (AvgIpc) is 2.96. The van der Waals surface area contributed by atoms with Crippen molar-refractivity contribution in [2.24, 2.45) is 0 Å². The SMILES string of the molecule is C[C@H]1CN(c2ccc(OC(F)(F)F)cc2)C(=O)c2c(C(=O)O)cnn21.Cl. The zero-order chi connectivity index (χ0) is 18.4. The van der Waals surface area contributed by atoms with Gasteiger partial charge in [-0.15, -0.1) is 25.6 Å². The Kier molecular flexibility index (Phi) is 5.17. The highest BCUT2D eigenvalue weighted by molar-refractivity contribution is 6.11. The highest BCUT2D eigenvalue weighted by Gasteiger charge is 2.35. The van der Waals surface area contributed by atoms with E-state index >= 15 is 0 Å². The van der Waals surface area contributed by atoms with Gasteiger partial charge in [-0.05, 0) is 31.2 Å². The summed E-state index contributed by atoms with van der Waals surface area (Å²) >= 11 is 0. The highest BCUT2D eigenvalue weighted by atomic mass is 35.5. The Morgan fingerprint density at radius 3 is 2.46 bits per heavy atom. The number of anilines is 1. The van der Waals surface area contributed by atoms with Gasteiger partial charge in [-0.3, -0.25) is 9.48 Å². The molecule has 1 aliphatic heterocycles. The molecule has 2 aromatic rings. The van der Waals surface area contributed by atoms with Gasteiger partial charge in [0.2, 0.25) is 0 Å². The molecule has 0 bridgehead atoms. The van der Waals surface area contributed by atoms with Crippen LogP contribution in [0.1, 0.15) is 33.8 Å². The van der Waals surface area contributed by atoms with Crippen molar-refractivity contribution in [2.75, 3.05) is 11.4 Å². The predicted molar refractivity (Wildman–Crippen MR) is 85.9 cm³/mol. The number of ether oxygens (including phenoxy) is 1. The summed E-state index contributed by atoms with van der Waals surface area (Å²) in [5.41, 5.74) is 0.0376. The maximum absolute atomic E-state index is 12.7. The normalized spacial score (nSPS) is 16.7. The molecule has 0 spiro atoms. The summed E-state index contributed by atoms with van der Waals surface area (Å²) in [6.45, 7) is 1.95. The van der Waals surface area contributed by atoms with Crippen LogP contribution in [0.5, 0.6) is 5.75 Å². The van der Waals surface area contributed by atoms with Crippen LogP contribution in [-0.4, -0.2) is 39.7 Å². The van der Waals surface area contributed by atoms with E-state index in [0.717, 1.165) is 18.3 Å². The lowest BCUT2D eigenvalue weighted by Gasteiger charge is -2.32. The first-order valence-corrected chi connectivity index (χ1v) is 7.16. The number of hydrogen-bond donors (Lipinski definition) is 1. The van der Waals surface area contributed by atoms with Crippen molar-refractivity contribution in [3.8, 4) is 5.75 Å². The number of nitrogens with zero attached hydrogens (tertiary/aromatic N) is 3. The summed E-state index contributed by atoms with van der Waals surface area (Å²) in [6.07, 6.45) is -3.70. The Bertz CT molecular complexity index is 836. The van der Waals surface area contributed by atoms with Crippen molar-refractivity contribution in [3.05, 3.63) is 41.7 Å². The molecule has 7 nitrogen and oxygen atoms in total. The number of aromatic carboxylic acids is 1. The van der Waals surface area contributed by atoms with Gasteiger partial charge >= 0.3 is 12.3 Å².